The molecule has 7 nitrogen and oxygen atoms in total. The Kier molecular flexibility index (Phi) is 3.74. The van der Waals surface area contributed by atoms with Crippen molar-refractivity contribution in [1.82, 2.24) is 15.1 Å². The molecule has 0 saturated carbocycles. The number of rotatable bonds is 4. The number of carbonyl (C=O) groups excluding carboxylic acids is 1. The molecule has 0 aliphatic rings. The summed E-state index contributed by atoms with van der Waals surface area (Å²) >= 11 is 0. The maximum absolute atomic E-state index is 11.3. The van der Waals surface area contributed by atoms with Gasteiger partial charge in [-0.1, -0.05) is 5.16 Å². The lowest BCUT2D eigenvalue weighted by Gasteiger charge is -2.05. The molecular formula is C12H14N4O3. The Bertz CT molecular complexity index is 575. The highest BCUT2D eigenvalue weighted by atomic mass is 16.5. The van der Waals surface area contributed by atoms with Crippen molar-refractivity contribution in [3.63, 3.8) is 0 Å². The van der Waals surface area contributed by atoms with Crippen molar-refractivity contribution in [2.24, 2.45) is 0 Å². The van der Waals surface area contributed by atoms with Gasteiger partial charge >= 0.3 is 5.97 Å². The molecule has 0 saturated heterocycles. The van der Waals surface area contributed by atoms with Crippen LogP contribution in [0.15, 0.2) is 16.9 Å². The molecule has 2 aromatic rings. The summed E-state index contributed by atoms with van der Waals surface area (Å²) in [6.07, 6.45) is 2.89. The van der Waals surface area contributed by atoms with E-state index in [2.05, 4.69) is 25.2 Å². The summed E-state index contributed by atoms with van der Waals surface area (Å²) < 4.78 is 9.65. The molecule has 0 aromatic carbocycles. The molecule has 0 aliphatic heterocycles. The van der Waals surface area contributed by atoms with Crippen molar-refractivity contribution in [2.45, 2.75) is 20.4 Å². The zero-order valence-corrected chi connectivity index (χ0v) is 10.9. The van der Waals surface area contributed by atoms with E-state index in [1.807, 2.05) is 13.8 Å². The highest BCUT2D eigenvalue weighted by Gasteiger charge is 2.11. The van der Waals surface area contributed by atoms with Gasteiger partial charge < -0.3 is 14.6 Å². The molecule has 0 bridgehead atoms. The number of anilines is 1. The monoisotopic (exact) mass is 262 g/mol. The van der Waals surface area contributed by atoms with Gasteiger partial charge in [0.25, 0.3) is 0 Å². The summed E-state index contributed by atoms with van der Waals surface area (Å²) in [6.45, 7) is 4.21. The van der Waals surface area contributed by atoms with Crippen LogP contribution < -0.4 is 5.32 Å². The number of methoxy groups -OCH3 is 1. The average molecular weight is 262 g/mol. The van der Waals surface area contributed by atoms with Crippen molar-refractivity contribution in [3.8, 4) is 0 Å². The Balaban J connectivity index is 2.10. The summed E-state index contributed by atoms with van der Waals surface area (Å²) in [6, 6.07) is 0. The van der Waals surface area contributed by atoms with Crippen LogP contribution in [0.25, 0.3) is 0 Å². The summed E-state index contributed by atoms with van der Waals surface area (Å²) in [5.41, 5.74) is 1.94. The van der Waals surface area contributed by atoms with E-state index in [0.29, 0.717) is 12.4 Å². The molecule has 7 heteroatoms. The fourth-order valence-electron chi connectivity index (χ4n) is 1.59. The van der Waals surface area contributed by atoms with Crippen LogP contribution in [0.3, 0.4) is 0 Å². The molecule has 2 heterocycles. The predicted octanol–water partition coefficient (Wildman–Crippen LogP) is 1.48. The van der Waals surface area contributed by atoms with Crippen LogP contribution in [-0.2, 0) is 11.3 Å². The van der Waals surface area contributed by atoms with Gasteiger partial charge in [-0.2, -0.15) is 0 Å². The molecule has 0 amide bonds. The van der Waals surface area contributed by atoms with Crippen LogP contribution >= 0.6 is 0 Å². The van der Waals surface area contributed by atoms with Gasteiger partial charge in [-0.25, -0.2) is 9.78 Å². The predicted molar refractivity (Wildman–Crippen MR) is 66.7 cm³/mol. The molecule has 0 aliphatic carbocycles. The van der Waals surface area contributed by atoms with Gasteiger partial charge in [-0.15, -0.1) is 0 Å². The van der Waals surface area contributed by atoms with E-state index in [9.17, 15) is 4.79 Å². The number of nitrogens with one attached hydrogen (secondary N) is 1. The SMILES string of the molecule is COC(=O)c1cncc(NCc2c(C)noc2C)n1. The normalized spacial score (nSPS) is 10.3. The second-order valence-corrected chi connectivity index (χ2v) is 3.94. The topological polar surface area (TPSA) is 90.1 Å². The average Bonchev–Trinajstić information content (AvgIpc) is 2.75. The second-order valence-electron chi connectivity index (χ2n) is 3.94. The molecule has 0 unspecified atom stereocenters. The Morgan fingerprint density at radius 1 is 1.42 bits per heavy atom. The summed E-state index contributed by atoms with van der Waals surface area (Å²) in [5, 5.41) is 6.93. The van der Waals surface area contributed by atoms with Crippen LogP contribution in [-0.4, -0.2) is 28.2 Å². The largest absolute Gasteiger partial charge is 0.464 e. The molecule has 2 aromatic heterocycles. The highest BCUT2D eigenvalue weighted by Crippen LogP contribution is 2.14. The first-order valence-electron chi connectivity index (χ1n) is 5.67. The van der Waals surface area contributed by atoms with E-state index in [0.717, 1.165) is 17.0 Å². The van der Waals surface area contributed by atoms with Crippen LogP contribution in [0.2, 0.25) is 0 Å². The first-order valence-corrected chi connectivity index (χ1v) is 5.67. The minimum Gasteiger partial charge on any atom is -0.464 e. The molecule has 1 N–H and O–H groups in total. The smallest absolute Gasteiger partial charge is 0.358 e. The fraction of sp³-hybridized carbons (Fsp3) is 0.333. The molecule has 100 valence electrons. The van der Waals surface area contributed by atoms with Gasteiger partial charge in [0.1, 0.15) is 11.6 Å². The molecule has 0 radical (unpaired) electrons. The molecule has 0 fully saturated rings. The summed E-state index contributed by atoms with van der Waals surface area (Å²) in [5.74, 6) is 0.721. The van der Waals surface area contributed by atoms with Gasteiger partial charge in [0, 0.05) is 12.1 Å². The van der Waals surface area contributed by atoms with Crippen LogP contribution in [0.1, 0.15) is 27.5 Å². The third-order valence-electron chi connectivity index (χ3n) is 2.66. The maximum Gasteiger partial charge on any atom is 0.358 e. The summed E-state index contributed by atoms with van der Waals surface area (Å²) in [7, 11) is 1.30. The Labute approximate surface area is 110 Å². The van der Waals surface area contributed by atoms with Crippen LogP contribution in [0.4, 0.5) is 5.82 Å². The van der Waals surface area contributed by atoms with Crippen LogP contribution in [0.5, 0.6) is 0 Å². The number of nitrogens with zero attached hydrogens (tertiary/aromatic N) is 3. The third kappa shape index (κ3) is 2.87. The molecular weight excluding hydrogens is 248 g/mol. The molecule has 0 spiro atoms. The molecule has 2 rings (SSSR count). The zero-order chi connectivity index (χ0) is 13.8. The first-order chi connectivity index (χ1) is 9.11. The zero-order valence-electron chi connectivity index (χ0n) is 10.9. The molecule has 19 heavy (non-hydrogen) atoms. The van der Waals surface area contributed by atoms with E-state index < -0.39 is 5.97 Å². The van der Waals surface area contributed by atoms with Crippen molar-refractivity contribution >= 4 is 11.8 Å². The quantitative estimate of drug-likeness (QED) is 0.834. The van der Waals surface area contributed by atoms with Gasteiger partial charge in [0.15, 0.2) is 5.69 Å². The van der Waals surface area contributed by atoms with Crippen molar-refractivity contribution in [2.75, 3.05) is 12.4 Å². The minimum atomic E-state index is -0.520. The van der Waals surface area contributed by atoms with Gasteiger partial charge in [-0.05, 0) is 13.8 Å². The Hall–Kier alpha value is -2.44. The van der Waals surface area contributed by atoms with E-state index in [1.54, 1.807) is 0 Å². The van der Waals surface area contributed by atoms with E-state index in [4.69, 9.17) is 4.52 Å². The Morgan fingerprint density at radius 2 is 2.21 bits per heavy atom. The number of hydrogen-bond acceptors (Lipinski definition) is 7. The maximum atomic E-state index is 11.3. The molecule has 0 atom stereocenters. The lowest BCUT2D eigenvalue weighted by Crippen LogP contribution is -2.09. The van der Waals surface area contributed by atoms with Crippen molar-refractivity contribution in [1.29, 1.82) is 0 Å². The van der Waals surface area contributed by atoms with E-state index in [-0.39, 0.29) is 5.69 Å². The first kappa shape index (κ1) is 13.0. The number of hydrogen-bond donors (Lipinski definition) is 1. The second kappa shape index (κ2) is 5.47. The standard InChI is InChI=1S/C12H14N4O3/c1-7-9(8(2)19-16-7)4-14-11-6-13-5-10(15-11)12(17)18-3/h5-6H,4H2,1-3H3,(H,14,15). The summed E-state index contributed by atoms with van der Waals surface area (Å²) in [4.78, 5) is 19.4. The van der Waals surface area contributed by atoms with Crippen LogP contribution in [0, 0.1) is 13.8 Å². The Morgan fingerprint density at radius 3 is 2.84 bits per heavy atom. The number of aromatic nitrogens is 3. The van der Waals surface area contributed by atoms with E-state index >= 15 is 0 Å². The fourth-order valence-corrected chi connectivity index (χ4v) is 1.59. The van der Waals surface area contributed by atoms with Crippen molar-refractivity contribution in [3.05, 3.63) is 35.1 Å². The third-order valence-corrected chi connectivity index (χ3v) is 2.66. The van der Waals surface area contributed by atoms with Gasteiger partial charge in [-0.3, -0.25) is 4.98 Å². The van der Waals surface area contributed by atoms with Gasteiger partial charge in [0.2, 0.25) is 0 Å². The minimum absolute atomic E-state index is 0.159. The van der Waals surface area contributed by atoms with Crippen molar-refractivity contribution < 1.29 is 14.1 Å². The number of esters is 1. The number of ether oxygens (including phenoxy) is 1. The lowest BCUT2D eigenvalue weighted by molar-refractivity contribution is 0.0593. The highest BCUT2D eigenvalue weighted by molar-refractivity contribution is 5.87. The van der Waals surface area contributed by atoms with E-state index in [1.165, 1.54) is 19.5 Å². The number of aryl methyl sites for hydroxylation is 2. The lowest BCUT2D eigenvalue weighted by atomic mass is 10.2. The number of carbonyl (C=O) groups is 1. The van der Waals surface area contributed by atoms with Gasteiger partial charge in [0.05, 0.1) is 25.2 Å².